The standard InChI is InChI=1S/C56H30F4N4/c57-33-11-21-51-41(25-33)42-26-34(58)12-22-52(42)63(51)37-16-18-40-45(29-37)55(49-19-9-31-5-1-3-7-47(31)61-49)39-17-15-38(30-46(39)56(40)50-20-10-32-6-2-4-8-48(32)62-50)64-53-23-13-35(59)27-43(53)44-28-36(60)14-24-54(44)64/h1-30H. The smallest absolute Gasteiger partial charge is 0.123 e. The van der Waals surface area contributed by atoms with Crippen molar-refractivity contribution in [3.05, 3.63) is 205 Å². The molecule has 9 aromatic carbocycles. The van der Waals surface area contributed by atoms with Gasteiger partial charge in [0.15, 0.2) is 0 Å². The van der Waals surface area contributed by atoms with Gasteiger partial charge >= 0.3 is 0 Å². The lowest BCUT2D eigenvalue weighted by molar-refractivity contribution is 0.628. The molecule has 0 aliphatic rings. The summed E-state index contributed by atoms with van der Waals surface area (Å²) in [5.41, 5.74) is 9.50. The van der Waals surface area contributed by atoms with E-state index in [1.54, 1.807) is 24.3 Å². The van der Waals surface area contributed by atoms with E-state index in [2.05, 4.69) is 45.5 Å². The SMILES string of the molecule is Fc1ccc2c(c1)c1cc(F)ccc1n2-c1ccc2c(-c3ccc4ccccc4n3)c3cc(-n4c5ccc(F)cc5c5cc(F)ccc54)ccc3c(-c3ccc4ccccc4n3)c2c1. The van der Waals surface area contributed by atoms with Crippen LogP contribution in [0.2, 0.25) is 0 Å². The number of halogens is 4. The Kier molecular flexibility index (Phi) is 7.70. The topological polar surface area (TPSA) is 35.6 Å². The molecule has 0 saturated heterocycles. The molecule has 0 amide bonds. The number of para-hydroxylation sites is 2. The fourth-order valence-corrected chi connectivity index (χ4v) is 9.94. The van der Waals surface area contributed by atoms with Crippen molar-refractivity contribution in [1.29, 1.82) is 0 Å². The van der Waals surface area contributed by atoms with Crippen LogP contribution in [0.25, 0.3) is 121 Å². The summed E-state index contributed by atoms with van der Waals surface area (Å²) >= 11 is 0. The van der Waals surface area contributed by atoms with Crippen LogP contribution < -0.4 is 0 Å². The van der Waals surface area contributed by atoms with Gasteiger partial charge in [0.1, 0.15) is 23.3 Å². The average molecular weight is 835 g/mol. The number of pyridine rings is 2. The maximum atomic E-state index is 14.8. The van der Waals surface area contributed by atoms with Gasteiger partial charge in [0.05, 0.1) is 44.5 Å². The minimum Gasteiger partial charge on any atom is -0.309 e. The molecule has 0 fully saturated rings. The molecule has 0 atom stereocenters. The van der Waals surface area contributed by atoms with Crippen molar-refractivity contribution in [1.82, 2.24) is 19.1 Å². The van der Waals surface area contributed by atoms with Gasteiger partial charge in [-0.05, 0) is 143 Å². The predicted octanol–water partition coefficient (Wildman–Crippen LogP) is 15.2. The third-order valence-corrected chi connectivity index (χ3v) is 12.7. The Labute approximate surface area is 361 Å². The molecule has 0 unspecified atom stereocenters. The second-order valence-corrected chi connectivity index (χ2v) is 16.3. The average Bonchev–Trinajstić information content (AvgIpc) is 3.80. The van der Waals surface area contributed by atoms with E-state index in [0.717, 1.165) is 99.3 Å². The minimum atomic E-state index is -0.405. The van der Waals surface area contributed by atoms with E-state index in [1.165, 1.54) is 48.5 Å². The highest BCUT2D eigenvalue weighted by Crippen LogP contribution is 2.46. The second-order valence-electron chi connectivity index (χ2n) is 16.3. The summed E-state index contributed by atoms with van der Waals surface area (Å²) in [6.07, 6.45) is 0. The number of nitrogens with zero attached hydrogens (tertiary/aromatic N) is 4. The van der Waals surface area contributed by atoms with Gasteiger partial charge in [-0.3, -0.25) is 0 Å². The summed E-state index contributed by atoms with van der Waals surface area (Å²) in [4.78, 5) is 10.6. The van der Waals surface area contributed by atoms with E-state index < -0.39 is 23.3 Å². The van der Waals surface area contributed by atoms with Crippen molar-refractivity contribution in [2.24, 2.45) is 0 Å². The van der Waals surface area contributed by atoms with Crippen LogP contribution in [0.1, 0.15) is 0 Å². The van der Waals surface area contributed by atoms with Gasteiger partial charge in [-0.2, -0.15) is 0 Å². The first-order valence-electron chi connectivity index (χ1n) is 20.9. The highest BCUT2D eigenvalue weighted by Gasteiger charge is 2.23. The summed E-state index contributed by atoms with van der Waals surface area (Å²) in [5, 5.41) is 8.04. The summed E-state index contributed by atoms with van der Waals surface area (Å²) in [6.45, 7) is 0. The zero-order chi connectivity index (χ0) is 42.8. The molecule has 13 aromatic rings. The van der Waals surface area contributed by atoms with Gasteiger partial charge in [0.25, 0.3) is 0 Å². The Morgan fingerprint density at radius 2 is 0.656 bits per heavy atom. The van der Waals surface area contributed by atoms with Crippen molar-refractivity contribution in [3.63, 3.8) is 0 Å². The van der Waals surface area contributed by atoms with Gasteiger partial charge < -0.3 is 9.13 Å². The molecule has 4 nitrogen and oxygen atoms in total. The van der Waals surface area contributed by atoms with E-state index in [1.807, 2.05) is 72.8 Å². The molecule has 302 valence electrons. The molecular weight excluding hydrogens is 805 g/mol. The lowest BCUT2D eigenvalue weighted by Gasteiger charge is -2.20. The number of benzene rings is 9. The van der Waals surface area contributed by atoms with Gasteiger partial charge in [-0.25, -0.2) is 27.5 Å². The first kappa shape index (κ1) is 36.3. The molecule has 0 bridgehead atoms. The van der Waals surface area contributed by atoms with Crippen LogP contribution in [0, 0.1) is 23.3 Å². The lowest BCUT2D eigenvalue weighted by atomic mass is 9.87. The molecular formula is C56H30F4N4. The number of fused-ring (bicyclic) bond motifs is 10. The predicted molar refractivity (Wildman–Crippen MR) is 251 cm³/mol. The van der Waals surface area contributed by atoms with Crippen LogP contribution in [-0.2, 0) is 0 Å². The van der Waals surface area contributed by atoms with Crippen molar-refractivity contribution < 1.29 is 17.6 Å². The van der Waals surface area contributed by atoms with Gasteiger partial charge in [0, 0.05) is 54.8 Å². The zero-order valence-corrected chi connectivity index (χ0v) is 33.6. The molecule has 0 aliphatic carbocycles. The third-order valence-electron chi connectivity index (χ3n) is 12.7. The fourth-order valence-electron chi connectivity index (χ4n) is 9.94. The van der Waals surface area contributed by atoms with E-state index in [-0.39, 0.29) is 0 Å². The van der Waals surface area contributed by atoms with E-state index in [4.69, 9.17) is 9.97 Å². The lowest BCUT2D eigenvalue weighted by Crippen LogP contribution is -1.99. The second kappa shape index (κ2) is 13.6. The monoisotopic (exact) mass is 834 g/mol. The van der Waals surface area contributed by atoms with Crippen LogP contribution in [0.4, 0.5) is 17.6 Å². The van der Waals surface area contributed by atoms with E-state index >= 15 is 0 Å². The van der Waals surface area contributed by atoms with Gasteiger partial charge in [-0.1, -0.05) is 60.7 Å². The Bertz CT molecular complexity index is 3760. The van der Waals surface area contributed by atoms with Crippen LogP contribution in [0.3, 0.4) is 0 Å². The number of hydrogen-bond donors (Lipinski definition) is 0. The molecule has 13 rings (SSSR count). The normalized spacial score (nSPS) is 12.1. The van der Waals surface area contributed by atoms with Crippen molar-refractivity contribution in [3.8, 4) is 33.9 Å². The maximum Gasteiger partial charge on any atom is 0.123 e. The largest absolute Gasteiger partial charge is 0.309 e. The number of rotatable bonds is 4. The Hall–Kier alpha value is -8.36. The molecule has 0 aliphatic heterocycles. The molecule has 0 N–H and O–H groups in total. The van der Waals surface area contributed by atoms with Crippen molar-refractivity contribution in [2.75, 3.05) is 0 Å². The number of hydrogen-bond acceptors (Lipinski definition) is 2. The molecule has 8 heteroatoms. The Balaban J connectivity index is 1.19. The highest BCUT2D eigenvalue weighted by molar-refractivity contribution is 6.22. The van der Waals surface area contributed by atoms with Crippen molar-refractivity contribution >= 4 is 87.0 Å². The maximum absolute atomic E-state index is 14.8. The number of aromatic nitrogens is 4. The molecule has 64 heavy (non-hydrogen) atoms. The van der Waals surface area contributed by atoms with Gasteiger partial charge in [-0.15, -0.1) is 0 Å². The van der Waals surface area contributed by atoms with Crippen LogP contribution in [0.5, 0.6) is 0 Å². The first-order chi connectivity index (χ1) is 31.3. The highest BCUT2D eigenvalue weighted by atomic mass is 19.1. The molecule has 0 saturated carbocycles. The van der Waals surface area contributed by atoms with E-state index in [9.17, 15) is 17.6 Å². The van der Waals surface area contributed by atoms with Crippen molar-refractivity contribution in [2.45, 2.75) is 0 Å². The molecule has 4 aromatic heterocycles. The van der Waals surface area contributed by atoms with Crippen LogP contribution in [0.15, 0.2) is 182 Å². The summed E-state index contributed by atoms with van der Waals surface area (Å²) in [7, 11) is 0. The Morgan fingerprint density at radius 1 is 0.297 bits per heavy atom. The quantitative estimate of drug-likeness (QED) is 0.131. The third kappa shape index (κ3) is 5.42. The first-order valence-corrected chi connectivity index (χ1v) is 20.9. The van der Waals surface area contributed by atoms with Gasteiger partial charge in [0.2, 0.25) is 0 Å². The minimum absolute atomic E-state index is 0.405. The summed E-state index contributed by atoms with van der Waals surface area (Å²) in [6, 6.07) is 55.4. The Morgan fingerprint density at radius 3 is 1.03 bits per heavy atom. The summed E-state index contributed by atoms with van der Waals surface area (Å²) in [5.74, 6) is -1.62. The molecule has 4 heterocycles. The summed E-state index contributed by atoms with van der Waals surface area (Å²) < 4.78 is 63.5. The van der Waals surface area contributed by atoms with Crippen LogP contribution in [-0.4, -0.2) is 19.1 Å². The zero-order valence-electron chi connectivity index (χ0n) is 33.6. The molecule has 0 spiro atoms. The van der Waals surface area contributed by atoms with E-state index in [0.29, 0.717) is 21.5 Å². The van der Waals surface area contributed by atoms with Crippen LogP contribution >= 0.6 is 0 Å². The fraction of sp³-hybridized carbons (Fsp3) is 0. The molecule has 0 radical (unpaired) electrons.